The van der Waals surface area contributed by atoms with E-state index in [9.17, 15) is 9.90 Å². The zero-order valence-electron chi connectivity index (χ0n) is 11.5. The summed E-state index contributed by atoms with van der Waals surface area (Å²) in [5, 5.41) is 10.3. The van der Waals surface area contributed by atoms with Gasteiger partial charge in [-0.2, -0.15) is 11.8 Å². The van der Waals surface area contributed by atoms with E-state index in [0.29, 0.717) is 6.04 Å². The molecule has 0 aromatic heterocycles. The van der Waals surface area contributed by atoms with Crippen molar-refractivity contribution in [3.8, 4) is 0 Å². The molecule has 2 heterocycles. The Morgan fingerprint density at radius 3 is 2.56 bits per heavy atom. The minimum Gasteiger partial charge on any atom is -0.481 e. The standard InChI is InChI=1S/C14H25NO2S/c1-3-4-14(13(16)17)5-7-15(8-6-14)12-9-11(2)18-10-12/h11-12H,3-10H2,1-2H3,(H,16,17). The van der Waals surface area contributed by atoms with Crippen LogP contribution in [0, 0.1) is 5.41 Å². The Balaban J connectivity index is 1.92. The summed E-state index contributed by atoms with van der Waals surface area (Å²) >= 11 is 2.06. The molecule has 3 nitrogen and oxygen atoms in total. The van der Waals surface area contributed by atoms with Crippen LogP contribution in [0.4, 0.5) is 0 Å². The van der Waals surface area contributed by atoms with Crippen molar-refractivity contribution >= 4 is 17.7 Å². The van der Waals surface area contributed by atoms with Gasteiger partial charge in [0.2, 0.25) is 0 Å². The molecule has 2 fully saturated rings. The smallest absolute Gasteiger partial charge is 0.309 e. The Kier molecular flexibility index (Phi) is 4.59. The van der Waals surface area contributed by atoms with Crippen molar-refractivity contribution < 1.29 is 9.90 Å². The monoisotopic (exact) mass is 271 g/mol. The van der Waals surface area contributed by atoms with Crippen LogP contribution in [0.1, 0.15) is 46.0 Å². The molecule has 0 radical (unpaired) electrons. The van der Waals surface area contributed by atoms with Gasteiger partial charge in [0.25, 0.3) is 0 Å². The lowest BCUT2D eigenvalue weighted by Gasteiger charge is -2.41. The molecule has 0 bridgehead atoms. The van der Waals surface area contributed by atoms with Crippen LogP contribution in [0.5, 0.6) is 0 Å². The van der Waals surface area contributed by atoms with Gasteiger partial charge in [-0.3, -0.25) is 9.69 Å². The predicted molar refractivity (Wildman–Crippen MR) is 76.1 cm³/mol. The number of carboxylic acid groups (broad SMARTS) is 1. The molecule has 18 heavy (non-hydrogen) atoms. The quantitative estimate of drug-likeness (QED) is 0.853. The van der Waals surface area contributed by atoms with Crippen LogP contribution < -0.4 is 0 Å². The van der Waals surface area contributed by atoms with Gasteiger partial charge >= 0.3 is 5.97 Å². The van der Waals surface area contributed by atoms with Crippen molar-refractivity contribution in [1.82, 2.24) is 4.90 Å². The number of carbonyl (C=O) groups is 1. The highest BCUT2D eigenvalue weighted by Crippen LogP contribution is 2.39. The van der Waals surface area contributed by atoms with Gasteiger partial charge in [0, 0.05) is 17.0 Å². The summed E-state index contributed by atoms with van der Waals surface area (Å²) in [6.07, 6.45) is 4.77. The van der Waals surface area contributed by atoms with Crippen LogP contribution in [0.15, 0.2) is 0 Å². The molecule has 2 saturated heterocycles. The number of rotatable bonds is 4. The van der Waals surface area contributed by atoms with Crippen molar-refractivity contribution in [2.24, 2.45) is 5.41 Å². The SMILES string of the molecule is CCCC1(C(=O)O)CCN(C2CSC(C)C2)CC1. The molecule has 2 unspecified atom stereocenters. The molecular formula is C14H25NO2S. The van der Waals surface area contributed by atoms with Crippen LogP contribution in [0.25, 0.3) is 0 Å². The lowest BCUT2D eigenvalue weighted by molar-refractivity contribution is -0.153. The average molecular weight is 271 g/mol. The number of piperidine rings is 1. The zero-order chi connectivity index (χ0) is 13.2. The van der Waals surface area contributed by atoms with E-state index in [-0.39, 0.29) is 0 Å². The van der Waals surface area contributed by atoms with E-state index in [4.69, 9.17) is 0 Å². The summed E-state index contributed by atoms with van der Waals surface area (Å²) in [4.78, 5) is 14.1. The Hall–Kier alpha value is -0.220. The predicted octanol–water partition coefficient (Wildman–Crippen LogP) is 2.85. The fourth-order valence-corrected chi connectivity index (χ4v) is 4.67. The van der Waals surface area contributed by atoms with E-state index in [2.05, 4.69) is 30.5 Å². The summed E-state index contributed by atoms with van der Waals surface area (Å²) in [5.74, 6) is 0.660. The second-order valence-electron chi connectivity index (χ2n) is 5.90. The van der Waals surface area contributed by atoms with E-state index in [1.807, 2.05) is 0 Å². The maximum absolute atomic E-state index is 11.5. The fourth-order valence-electron chi connectivity index (χ4n) is 3.42. The fraction of sp³-hybridized carbons (Fsp3) is 0.929. The van der Waals surface area contributed by atoms with Crippen LogP contribution in [-0.4, -0.2) is 46.1 Å². The summed E-state index contributed by atoms with van der Waals surface area (Å²) in [6.45, 7) is 6.34. The van der Waals surface area contributed by atoms with Crippen LogP contribution in [0.3, 0.4) is 0 Å². The molecule has 0 aliphatic carbocycles. The number of likely N-dealkylation sites (tertiary alicyclic amines) is 1. The Morgan fingerprint density at radius 2 is 2.11 bits per heavy atom. The molecule has 4 heteroatoms. The van der Waals surface area contributed by atoms with Gasteiger partial charge in [-0.25, -0.2) is 0 Å². The molecular weight excluding hydrogens is 246 g/mol. The lowest BCUT2D eigenvalue weighted by atomic mass is 9.74. The number of hydrogen-bond acceptors (Lipinski definition) is 3. The van der Waals surface area contributed by atoms with Crippen molar-refractivity contribution in [3.63, 3.8) is 0 Å². The van der Waals surface area contributed by atoms with Crippen molar-refractivity contribution in [3.05, 3.63) is 0 Å². The second kappa shape index (κ2) is 5.83. The van der Waals surface area contributed by atoms with E-state index >= 15 is 0 Å². The third-order valence-corrected chi connectivity index (χ3v) is 5.97. The van der Waals surface area contributed by atoms with E-state index in [0.717, 1.165) is 44.0 Å². The molecule has 104 valence electrons. The van der Waals surface area contributed by atoms with Crippen LogP contribution in [-0.2, 0) is 4.79 Å². The lowest BCUT2D eigenvalue weighted by Crippen LogP contribution is -2.48. The molecule has 0 saturated carbocycles. The third kappa shape index (κ3) is 2.85. The van der Waals surface area contributed by atoms with Gasteiger partial charge in [-0.15, -0.1) is 0 Å². The number of hydrogen-bond donors (Lipinski definition) is 1. The van der Waals surface area contributed by atoms with Gasteiger partial charge in [-0.1, -0.05) is 20.3 Å². The van der Waals surface area contributed by atoms with Gasteiger partial charge in [0.1, 0.15) is 0 Å². The Bertz CT molecular complexity index is 300. The van der Waals surface area contributed by atoms with Gasteiger partial charge < -0.3 is 5.11 Å². The minimum atomic E-state index is -0.571. The molecule has 0 aromatic rings. The molecule has 2 rings (SSSR count). The minimum absolute atomic E-state index is 0.428. The van der Waals surface area contributed by atoms with E-state index in [1.165, 1.54) is 12.2 Å². The number of aliphatic carboxylic acids is 1. The van der Waals surface area contributed by atoms with Crippen molar-refractivity contribution in [1.29, 1.82) is 0 Å². The molecule has 1 N–H and O–H groups in total. The molecule has 0 amide bonds. The molecule has 2 aliphatic rings. The first kappa shape index (κ1) is 14.2. The van der Waals surface area contributed by atoms with E-state index < -0.39 is 11.4 Å². The summed E-state index contributed by atoms with van der Waals surface area (Å²) in [6, 6.07) is 0.693. The largest absolute Gasteiger partial charge is 0.481 e. The molecule has 2 atom stereocenters. The van der Waals surface area contributed by atoms with Crippen molar-refractivity contribution in [2.75, 3.05) is 18.8 Å². The topological polar surface area (TPSA) is 40.5 Å². The number of thioether (sulfide) groups is 1. The maximum Gasteiger partial charge on any atom is 0.309 e. The van der Waals surface area contributed by atoms with Crippen molar-refractivity contribution in [2.45, 2.75) is 57.2 Å². The van der Waals surface area contributed by atoms with Crippen LogP contribution >= 0.6 is 11.8 Å². The van der Waals surface area contributed by atoms with Crippen LogP contribution in [0.2, 0.25) is 0 Å². The first-order chi connectivity index (χ1) is 8.57. The first-order valence-electron chi connectivity index (χ1n) is 7.16. The Labute approximate surface area is 114 Å². The third-order valence-electron chi connectivity index (χ3n) is 4.63. The normalized spacial score (nSPS) is 32.6. The average Bonchev–Trinajstić information content (AvgIpc) is 2.77. The molecule has 0 aromatic carbocycles. The first-order valence-corrected chi connectivity index (χ1v) is 8.21. The number of nitrogens with zero attached hydrogens (tertiary/aromatic N) is 1. The van der Waals surface area contributed by atoms with E-state index in [1.54, 1.807) is 0 Å². The van der Waals surface area contributed by atoms with Gasteiger partial charge in [0.05, 0.1) is 5.41 Å². The summed E-state index contributed by atoms with van der Waals surface area (Å²) < 4.78 is 0. The highest BCUT2D eigenvalue weighted by atomic mass is 32.2. The second-order valence-corrected chi connectivity index (χ2v) is 7.38. The molecule has 0 spiro atoms. The highest BCUT2D eigenvalue weighted by Gasteiger charge is 2.42. The summed E-state index contributed by atoms with van der Waals surface area (Å²) in [7, 11) is 0. The summed E-state index contributed by atoms with van der Waals surface area (Å²) in [5.41, 5.74) is -0.428. The highest BCUT2D eigenvalue weighted by molar-refractivity contribution is 8.00. The Morgan fingerprint density at radius 1 is 1.44 bits per heavy atom. The van der Waals surface area contributed by atoms with Gasteiger partial charge in [0.15, 0.2) is 0 Å². The number of carboxylic acids is 1. The maximum atomic E-state index is 11.5. The van der Waals surface area contributed by atoms with Gasteiger partial charge in [-0.05, 0) is 38.8 Å². The zero-order valence-corrected chi connectivity index (χ0v) is 12.3. The molecule has 2 aliphatic heterocycles.